The first-order valence-electron chi connectivity index (χ1n) is 5.76. The molecule has 2 aromatic rings. The van der Waals surface area contributed by atoms with E-state index in [0.29, 0.717) is 5.02 Å². The van der Waals surface area contributed by atoms with Crippen LogP contribution in [0.25, 0.3) is 11.4 Å². The fourth-order valence-corrected chi connectivity index (χ4v) is 2.79. The highest BCUT2D eigenvalue weighted by atomic mass is 79.9. The first kappa shape index (κ1) is 12.1. The van der Waals surface area contributed by atoms with Crippen LogP contribution in [0, 0.1) is 0 Å². The molecular weight excluding hydrogens is 314 g/mol. The molecule has 0 aliphatic carbocycles. The van der Waals surface area contributed by atoms with Crippen molar-refractivity contribution in [1.29, 1.82) is 0 Å². The lowest BCUT2D eigenvalue weighted by molar-refractivity contribution is 0.623. The smallest absolute Gasteiger partial charge is 0.160 e. The quantitative estimate of drug-likeness (QED) is 0.819. The lowest BCUT2D eigenvalue weighted by atomic mass is 10.1. The molecule has 0 fully saturated rings. The summed E-state index contributed by atoms with van der Waals surface area (Å²) in [6, 6.07) is 7.62. The normalized spacial score (nSPS) is 14.3. The lowest BCUT2D eigenvalue weighted by Crippen LogP contribution is -2.25. The largest absolute Gasteiger partial charge is 0.312 e. The number of benzene rings is 1. The van der Waals surface area contributed by atoms with Crippen molar-refractivity contribution >= 4 is 27.5 Å². The van der Waals surface area contributed by atoms with Gasteiger partial charge in [-0.15, -0.1) is 0 Å². The molecule has 2 heterocycles. The molecule has 1 aromatic heterocycles. The highest BCUT2D eigenvalue weighted by Crippen LogP contribution is 2.26. The van der Waals surface area contributed by atoms with Gasteiger partial charge in [-0.2, -0.15) is 0 Å². The standard InChI is InChI=1S/C13H11BrClN3/c14-12-10-7-16-5-4-11(10)17-13(18-12)8-2-1-3-9(15)6-8/h1-3,6,16H,4-5,7H2. The van der Waals surface area contributed by atoms with Gasteiger partial charge in [-0.05, 0) is 28.1 Å². The molecular formula is C13H11BrClN3. The van der Waals surface area contributed by atoms with Crippen LogP contribution in [0.15, 0.2) is 28.9 Å². The van der Waals surface area contributed by atoms with Gasteiger partial charge in [0.25, 0.3) is 0 Å². The van der Waals surface area contributed by atoms with Crippen LogP contribution in [-0.4, -0.2) is 16.5 Å². The second-order valence-corrected chi connectivity index (χ2v) is 5.39. The average molecular weight is 325 g/mol. The van der Waals surface area contributed by atoms with Gasteiger partial charge in [0.1, 0.15) is 4.60 Å². The van der Waals surface area contributed by atoms with Crippen molar-refractivity contribution < 1.29 is 0 Å². The maximum atomic E-state index is 6.00. The molecule has 0 bridgehead atoms. The maximum Gasteiger partial charge on any atom is 0.160 e. The lowest BCUT2D eigenvalue weighted by Gasteiger charge is -2.17. The van der Waals surface area contributed by atoms with E-state index < -0.39 is 0 Å². The van der Waals surface area contributed by atoms with Crippen LogP contribution in [0.5, 0.6) is 0 Å². The third-order valence-electron chi connectivity index (χ3n) is 2.97. The van der Waals surface area contributed by atoms with Crippen LogP contribution in [0.3, 0.4) is 0 Å². The fraction of sp³-hybridized carbons (Fsp3) is 0.231. The molecule has 3 rings (SSSR count). The van der Waals surface area contributed by atoms with Gasteiger partial charge < -0.3 is 5.32 Å². The van der Waals surface area contributed by atoms with Crippen molar-refractivity contribution in [3.63, 3.8) is 0 Å². The zero-order valence-corrected chi connectivity index (χ0v) is 11.9. The van der Waals surface area contributed by atoms with E-state index in [1.165, 1.54) is 0 Å². The van der Waals surface area contributed by atoms with Gasteiger partial charge in [0.2, 0.25) is 0 Å². The summed E-state index contributed by atoms with van der Waals surface area (Å²) in [7, 11) is 0. The maximum absolute atomic E-state index is 6.00. The highest BCUT2D eigenvalue weighted by Gasteiger charge is 2.16. The molecule has 0 unspecified atom stereocenters. The molecule has 18 heavy (non-hydrogen) atoms. The fourth-order valence-electron chi connectivity index (χ4n) is 2.06. The van der Waals surface area contributed by atoms with Crippen LogP contribution >= 0.6 is 27.5 Å². The Kier molecular flexibility index (Phi) is 3.33. The topological polar surface area (TPSA) is 37.8 Å². The zero-order chi connectivity index (χ0) is 12.5. The SMILES string of the molecule is Clc1cccc(-c2nc(Br)c3c(n2)CCNC3)c1. The van der Waals surface area contributed by atoms with Crippen LogP contribution in [-0.2, 0) is 13.0 Å². The number of aromatic nitrogens is 2. The summed E-state index contributed by atoms with van der Waals surface area (Å²) < 4.78 is 0.870. The van der Waals surface area contributed by atoms with Gasteiger partial charge in [0.15, 0.2) is 5.82 Å². The number of hydrogen-bond acceptors (Lipinski definition) is 3. The van der Waals surface area contributed by atoms with Gasteiger partial charge in [-0.1, -0.05) is 23.7 Å². The van der Waals surface area contributed by atoms with Crippen LogP contribution in [0.2, 0.25) is 5.02 Å². The Balaban J connectivity index is 2.11. The molecule has 0 radical (unpaired) electrons. The summed E-state index contributed by atoms with van der Waals surface area (Å²) in [6.45, 7) is 1.79. The summed E-state index contributed by atoms with van der Waals surface area (Å²) in [4.78, 5) is 9.15. The van der Waals surface area contributed by atoms with Gasteiger partial charge in [-0.25, -0.2) is 9.97 Å². The Hall–Kier alpha value is -0.970. The van der Waals surface area contributed by atoms with Gasteiger partial charge in [0, 0.05) is 35.7 Å². The minimum atomic E-state index is 0.701. The van der Waals surface area contributed by atoms with E-state index in [4.69, 9.17) is 11.6 Å². The molecule has 1 aliphatic heterocycles. The van der Waals surface area contributed by atoms with Crippen molar-refractivity contribution in [1.82, 2.24) is 15.3 Å². The Morgan fingerprint density at radius 2 is 2.17 bits per heavy atom. The summed E-state index contributed by atoms with van der Waals surface area (Å²) in [5, 5.41) is 4.02. The predicted molar refractivity (Wildman–Crippen MR) is 75.6 cm³/mol. The summed E-state index contributed by atoms with van der Waals surface area (Å²) in [5.74, 6) is 0.727. The van der Waals surface area contributed by atoms with Crippen molar-refractivity contribution in [2.45, 2.75) is 13.0 Å². The minimum Gasteiger partial charge on any atom is -0.312 e. The summed E-state index contributed by atoms with van der Waals surface area (Å²) >= 11 is 9.53. The van der Waals surface area contributed by atoms with Gasteiger partial charge in [0.05, 0.1) is 5.69 Å². The second kappa shape index (κ2) is 4.96. The van der Waals surface area contributed by atoms with E-state index in [9.17, 15) is 0 Å². The van der Waals surface area contributed by atoms with Crippen LogP contribution in [0.1, 0.15) is 11.3 Å². The van der Waals surface area contributed by atoms with Crippen molar-refractivity contribution in [3.8, 4) is 11.4 Å². The number of rotatable bonds is 1. The molecule has 5 heteroatoms. The molecule has 0 saturated carbocycles. The van der Waals surface area contributed by atoms with E-state index in [-0.39, 0.29) is 0 Å². The zero-order valence-electron chi connectivity index (χ0n) is 9.58. The average Bonchev–Trinajstić information content (AvgIpc) is 2.39. The van der Waals surface area contributed by atoms with E-state index in [2.05, 4.69) is 31.2 Å². The molecule has 1 N–H and O–H groups in total. The van der Waals surface area contributed by atoms with Crippen molar-refractivity contribution in [2.24, 2.45) is 0 Å². The second-order valence-electron chi connectivity index (χ2n) is 4.20. The number of hydrogen-bond donors (Lipinski definition) is 1. The molecule has 0 amide bonds. The Labute approximate surface area is 119 Å². The van der Waals surface area contributed by atoms with Gasteiger partial charge >= 0.3 is 0 Å². The minimum absolute atomic E-state index is 0.701. The van der Waals surface area contributed by atoms with E-state index >= 15 is 0 Å². The predicted octanol–water partition coefficient (Wildman–Crippen LogP) is 3.21. The van der Waals surface area contributed by atoms with E-state index in [1.807, 2.05) is 24.3 Å². The third-order valence-corrected chi connectivity index (χ3v) is 3.86. The summed E-state index contributed by atoms with van der Waals surface area (Å²) in [6.07, 6.45) is 0.935. The third kappa shape index (κ3) is 2.28. The first-order chi connectivity index (χ1) is 8.74. The molecule has 0 atom stereocenters. The van der Waals surface area contributed by atoms with Gasteiger partial charge in [-0.3, -0.25) is 0 Å². The van der Waals surface area contributed by atoms with Crippen molar-refractivity contribution in [2.75, 3.05) is 6.54 Å². The van der Waals surface area contributed by atoms with Crippen LogP contribution < -0.4 is 5.32 Å². The van der Waals surface area contributed by atoms with E-state index in [1.54, 1.807) is 0 Å². The molecule has 0 saturated heterocycles. The molecule has 0 spiro atoms. The Bertz CT molecular complexity index is 601. The summed E-state index contributed by atoms with van der Waals surface area (Å²) in [5.41, 5.74) is 3.22. The molecule has 92 valence electrons. The van der Waals surface area contributed by atoms with E-state index in [0.717, 1.165) is 46.8 Å². The molecule has 3 nitrogen and oxygen atoms in total. The monoisotopic (exact) mass is 323 g/mol. The number of nitrogens with zero attached hydrogens (tertiary/aromatic N) is 2. The Morgan fingerprint density at radius 3 is 3.00 bits per heavy atom. The number of halogens is 2. The number of nitrogens with one attached hydrogen (secondary N) is 1. The molecule has 1 aliphatic rings. The number of fused-ring (bicyclic) bond motifs is 1. The molecule has 1 aromatic carbocycles. The highest BCUT2D eigenvalue weighted by molar-refractivity contribution is 9.10. The van der Waals surface area contributed by atoms with Crippen LogP contribution in [0.4, 0.5) is 0 Å². The van der Waals surface area contributed by atoms with Crippen molar-refractivity contribution in [3.05, 3.63) is 45.1 Å². The Morgan fingerprint density at radius 1 is 1.28 bits per heavy atom. The first-order valence-corrected chi connectivity index (χ1v) is 6.93.